The van der Waals surface area contributed by atoms with E-state index in [-0.39, 0.29) is 19.5 Å². The third kappa shape index (κ3) is 9.41. The largest absolute Gasteiger partial charge is 0.445 e. The van der Waals surface area contributed by atoms with E-state index in [9.17, 15) is 4.79 Å². The highest BCUT2D eigenvalue weighted by molar-refractivity contribution is 5.68. The molecular weight excluding hydrogens is 374 g/mol. The van der Waals surface area contributed by atoms with Gasteiger partial charge in [0.15, 0.2) is 6.29 Å². The fourth-order valence-electron chi connectivity index (χ4n) is 2.98. The van der Waals surface area contributed by atoms with Crippen LogP contribution in [0.25, 0.3) is 0 Å². The molecule has 1 amide bonds. The van der Waals surface area contributed by atoms with E-state index in [1.165, 1.54) is 0 Å². The van der Waals surface area contributed by atoms with E-state index in [0.29, 0.717) is 13.2 Å². The van der Waals surface area contributed by atoms with Crippen molar-refractivity contribution in [1.82, 2.24) is 5.32 Å². The van der Waals surface area contributed by atoms with Crippen molar-refractivity contribution >= 4 is 6.09 Å². The number of alkyl carbamates (subject to hydrolysis) is 1. The molecule has 162 valence electrons. The Balaban J connectivity index is 1.99. The summed E-state index contributed by atoms with van der Waals surface area (Å²) in [4.78, 5) is 12.4. The molecule has 0 spiro atoms. The lowest BCUT2D eigenvalue weighted by molar-refractivity contribution is -0.0813. The van der Waals surface area contributed by atoms with Crippen LogP contribution in [0.1, 0.15) is 38.2 Å². The van der Waals surface area contributed by atoms with Crippen LogP contribution in [0.3, 0.4) is 0 Å². The average molecular weight is 408 g/mol. The highest BCUT2D eigenvalue weighted by Crippen LogP contribution is 2.14. The molecule has 0 saturated carbocycles. The summed E-state index contributed by atoms with van der Waals surface area (Å²) in [6, 6.07) is 9.17. The summed E-state index contributed by atoms with van der Waals surface area (Å²) in [5.74, 6) is 0. The molecule has 0 aliphatic carbocycles. The van der Waals surface area contributed by atoms with Crippen LogP contribution in [0.15, 0.2) is 42.5 Å². The van der Waals surface area contributed by atoms with Crippen LogP contribution in [0.2, 0.25) is 0 Å². The second kappa shape index (κ2) is 14.1. The first-order valence-corrected chi connectivity index (χ1v) is 10.2. The Morgan fingerprint density at radius 3 is 2.69 bits per heavy atom. The van der Waals surface area contributed by atoms with E-state index in [1.807, 2.05) is 36.4 Å². The van der Waals surface area contributed by atoms with Crippen molar-refractivity contribution in [3.8, 4) is 0 Å². The van der Waals surface area contributed by atoms with E-state index in [0.717, 1.165) is 31.2 Å². The minimum Gasteiger partial charge on any atom is -0.445 e. The van der Waals surface area contributed by atoms with E-state index in [1.54, 1.807) is 13.2 Å². The SMILES string of the molecule is CCCCC[C@H](OCOC)[C@@H](/C=C/C1OCCO1)NC(=O)OCc1ccccc1. The van der Waals surface area contributed by atoms with Gasteiger partial charge in [-0.25, -0.2) is 4.79 Å². The molecule has 1 aromatic rings. The highest BCUT2D eigenvalue weighted by Gasteiger charge is 2.23. The topological polar surface area (TPSA) is 75.3 Å². The van der Waals surface area contributed by atoms with Crippen molar-refractivity contribution in [2.45, 2.75) is 57.6 Å². The van der Waals surface area contributed by atoms with Gasteiger partial charge in [-0.2, -0.15) is 0 Å². The molecular formula is C22H33NO6. The van der Waals surface area contributed by atoms with E-state index in [4.69, 9.17) is 23.7 Å². The summed E-state index contributed by atoms with van der Waals surface area (Å²) in [6.45, 7) is 3.63. The number of ether oxygens (including phenoxy) is 5. The highest BCUT2D eigenvalue weighted by atomic mass is 16.7. The standard InChI is InChI=1S/C22H33NO6/c1-3-4-6-11-20(29-17-25-2)19(12-13-21-26-14-15-27-21)23-22(24)28-16-18-9-7-5-8-10-18/h5,7-10,12-13,19-21H,3-4,6,11,14-17H2,1-2H3,(H,23,24)/b13-12+/t19-,20+/m1/s1. The van der Waals surface area contributed by atoms with Crippen LogP contribution in [0.5, 0.6) is 0 Å². The first-order chi connectivity index (χ1) is 14.2. The van der Waals surface area contributed by atoms with E-state index < -0.39 is 18.4 Å². The van der Waals surface area contributed by atoms with E-state index in [2.05, 4.69) is 12.2 Å². The van der Waals surface area contributed by atoms with Gasteiger partial charge in [0.05, 0.1) is 25.4 Å². The molecule has 1 aromatic carbocycles. The van der Waals surface area contributed by atoms with Gasteiger partial charge in [0, 0.05) is 7.11 Å². The summed E-state index contributed by atoms with van der Waals surface area (Å²) < 4.78 is 27.2. The van der Waals surface area contributed by atoms with Gasteiger partial charge in [0.25, 0.3) is 0 Å². The van der Waals surface area contributed by atoms with Crippen LogP contribution >= 0.6 is 0 Å². The number of rotatable bonds is 13. The zero-order valence-electron chi connectivity index (χ0n) is 17.4. The summed E-state index contributed by atoms with van der Waals surface area (Å²) in [7, 11) is 1.58. The maximum Gasteiger partial charge on any atom is 0.408 e. The van der Waals surface area contributed by atoms with Crippen molar-refractivity contribution < 1.29 is 28.5 Å². The molecule has 1 saturated heterocycles. The zero-order valence-corrected chi connectivity index (χ0v) is 17.4. The number of hydrogen-bond acceptors (Lipinski definition) is 6. The van der Waals surface area contributed by atoms with Gasteiger partial charge in [-0.1, -0.05) is 62.6 Å². The van der Waals surface area contributed by atoms with Crippen molar-refractivity contribution in [3.05, 3.63) is 48.0 Å². The predicted octanol–water partition coefficient (Wildman–Crippen LogP) is 3.78. The monoisotopic (exact) mass is 407 g/mol. The van der Waals surface area contributed by atoms with Gasteiger partial charge in [-0.05, 0) is 18.1 Å². The smallest absolute Gasteiger partial charge is 0.408 e. The molecule has 1 aliphatic heterocycles. The number of carbonyl (C=O) groups excluding carboxylic acids is 1. The fraction of sp³-hybridized carbons (Fsp3) is 0.591. The van der Waals surface area contributed by atoms with Gasteiger partial charge < -0.3 is 29.0 Å². The van der Waals surface area contributed by atoms with Crippen LogP contribution in [-0.2, 0) is 30.3 Å². The van der Waals surface area contributed by atoms with Gasteiger partial charge in [0.2, 0.25) is 0 Å². The number of methoxy groups -OCH3 is 1. The second-order valence-corrected chi connectivity index (χ2v) is 6.83. The zero-order chi connectivity index (χ0) is 20.7. The number of hydrogen-bond donors (Lipinski definition) is 1. The average Bonchev–Trinajstić information content (AvgIpc) is 3.27. The van der Waals surface area contributed by atoms with Crippen molar-refractivity contribution in [2.24, 2.45) is 0 Å². The lowest BCUT2D eigenvalue weighted by atomic mass is 10.0. The van der Waals surface area contributed by atoms with Gasteiger partial charge in [-0.15, -0.1) is 0 Å². The van der Waals surface area contributed by atoms with Crippen molar-refractivity contribution in [1.29, 1.82) is 0 Å². The molecule has 1 aliphatic rings. The molecule has 0 aromatic heterocycles. The summed E-state index contributed by atoms with van der Waals surface area (Å²) in [5, 5.41) is 2.91. The molecule has 2 rings (SSSR count). The first-order valence-electron chi connectivity index (χ1n) is 10.2. The Morgan fingerprint density at radius 2 is 2.00 bits per heavy atom. The van der Waals surface area contributed by atoms with Gasteiger partial charge >= 0.3 is 6.09 Å². The molecule has 0 unspecified atom stereocenters. The summed E-state index contributed by atoms with van der Waals surface area (Å²) in [5.41, 5.74) is 0.928. The molecule has 1 N–H and O–H groups in total. The summed E-state index contributed by atoms with van der Waals surface area (Å²) >= 11 is 0. The molecule has 1 fully saturated rings. The Morgan fingerprint density at radius 1 is 1.24 bits per heavy atom. The Bertz CT molecular complexity index is 588. The molecule has 7 nitrogen and oxygen atoms in total. The molecule has 0 bridgehead atoms. The molecule has 29 heavy (non-hydrogen) atoms. The number of unbranched alkanes of at least 4 members (excludes halogenated alkanes) is 2. The number of benzene rings is 1. The molecule has 1 heterocycles. The fourth-order valence-corrected chi connectivity index (χ4v) is 2.98. The Labute approximate surface area is 173 Å². The minimum atomic E-state index is -0.502. The van der Waals surface area contributed by atoms with Gasteiger partial charge in [-0.3, -0.25) is 0 Å². The Hall–Kier alpha value is -1.93. The quantitative estimate of drug-likeness (QED) is 0.305. The number of nitrogens with one attached hydrogen (secondary N) is 1. The molecule has 7 heteroatoms. The number of carbonyl (C=O) groups is 1. The van der Waals surface area contributed by atoms with E-state index >= 15 is 0 Å². The molecule has 2 atom stereocenters. The number of amides is 1. The normalized spacial score (nSPS) is 16.8. The predicted molar refractivity (Wildman–Crippen MR) is 109 cm³/mol. The first kappa shape index (κ1) is 23.3. The van der Waals surface area contributed by atoms with Crippen LogP contribution in [0, 0.1) is 0 Å². The van der Waals surface area contributed by atoms with Crippen molar-refractivity contribution in [2.75, 3.05) is 27.1 Å². The van der Waals surface area contributed by atoms with Crippen LogP contribution in [0.4, 0.5) is 4.79 Å². The molecule has 0 radical (unpaired) electrons. The van der Waals surface area contributed by atoms with Gasteiger partial charge in [0.1, 0.15) is 13.4 Å². The van der Waals surface area contributed by atoms with Crippen LogP contribution < -0.4 is 5.32 Å². The minimum absolute atomic E-state index is 0.151. The second-order valence-electron chi connectivity index (χ2n) is 6.83. The third-order valence-corrected chi connectivity index (χ3v) is 4.51. The summed E-state index contributed by atoms with van der Waals surface area (Å²) in [6.07, 6.45) is 6.48. The van der Waals surface area contributed by atoms with Crippen molar-refractivity contribution in [3.63, 3.8) is 0 Å². The third-order valence-electron chi connectivity index (χ3n) is 4.51. The maximum atomic E-state index is 12.4. The lowest BCUT2D eigenvalue weighted by Crippen LogP contribution is -2.44. The Kier molecular flexibility index (Phi) is 11.4. The van der Waals surface area contributed by atoms with Crippen LogP contribution in [-0.4, -0.2) is 51.6 Å². The maximum absolute atomic E-state index is 12.4. The lowest BCUT2D eigenvalue weighted by Gasteiger charge is -2.26.